The van der Waals surface area contributed by atoms with Crippen molar-refractivity contribution in [1.82, 2.24) is 9.88 Å². The van der Waals surface area contributed by atoms with Crippen LogP contribution in [0.15, 0.2) is 12.4 Å². The molecule has 0 aromatic carbocycles. The predicted octanol–water partition coefficient (Wildman–Crippen LogP) is 0.294. The number of carbonyl (C=O) groups excluding carboxylic acids is 1. The molecule has 0 saturated carbocycles. The van der Waals surface area contributed by atoms with Gasteiger partial charge in [-0.1, -0.05) is 0 Å². The van der Waals surface area contributed by atoms with Gasteiger partial charge in [0.15, 0.2) is 0 Å². The van der Waals surface area contributed by atoms with Crippen molar-refractivity contribution in [1.29, 1.82) is 0 Å². The molecule has 2 rings (SSSR count). The number of rotatable bonds is 2. The van der Waals surface area contributed by atoms with Crippen LogP contribution in [0.25, 0.3) is 0 Å². The molecule has 1 N–H and O–H groups in total. The van der Waals surface area contributed by atoms with Crippen molar-refractivity contribution >= 4 is 12.4 Å². The summed E-state index contributed by atoms with van der Waals surface area (Å²) in [4.78, 5) is 26.9. The standard InChI is InChI=1S/C10H10N2O3/c13-6-12-2-1-8-7(5-12)3-11-4-9(8)10(14)15/h3-4,6H,1-2,5H2,(H,14,15). The average Bonchev–Trinajstić information content (AvgIpc) is 2.27. The molecule has 2 heterocycles. The fraction of sp³-hybridized carbons (Fsp3) is 0.300. The number of fused-ring (bicyclic) bond motifs is 1. The molecule has 1 aromatic rings. The molecule has 5 heteroatoms. The second-order valence-electron chi connectivity index (χ2n) is 3.46. The van der Waals surface area contributed by atoms with Crippen LogP contribution in [0.3, 0.4) is 0 Å². The van der Waals surface area contributed by atoms with E-state index in [0.717, 1.165) is 17.5 Å². The van der Waals surface area contributed by atoms with Gasteiger partial charge in [-0.3, -0.25) is 9.78 Å². The van der Waals surface area contributed by atoms with E-state index in [-0.39, 0.29) is 5.56 Å². The van der Waals surface area contributed by atoms with Crippen molar-refractivity contribution in [3.05, 3.63) is 29.1 Å². The second kappa shape index (κ2) is 3.68. The van der Waals surface area contributed by atoms with Gasteiger partial charge in [-0.25, -0.2) is 4.79 Å². The van der Waals surface area contributed by atoms with Crippen LogP contribution >= 0.6 is 0 Å². The molecule has 1 amide bonds. The molecule has 78 valence electrons. The lowest BCUT2D eigenvalue weighted by Gasteiger charge is -2.25. The van der Waals surface area contributed by atoms with E-state index in [4.69, 9.17) is 5.11 Å². The Bertz CT molecular complexity index is 417. The maximum absolute atomic E-state index is 10.9. The molecule has 0 bridgehead atoms. The third-order valence-electron chi connectivity index (χ3n) is 2.55. The summed E-state index contributed by atoms with van der Waals surface area (Å²) in [5.74, 6) is -0.959. The first kappa shape index (κ1) is 9.64. The maximum Gasteiger partial charge on any atom is 0.337 e. The second-order valence-corrected chi connectivity index (χ2v) is 3.46. The summed E-state index contributed by atoms with van der Waals surface area (Å²) in [5.41, 5.74) is 1.88. The number of aromatic nitrogens is 1. The van der Waals surface area contributed by atoms with E-state index in [1.165, 1.54) is 6.20 Å². The minimum Gasteiger partial charge on any atom is -0.478 e. The molecule has 1 aliphatic rings. The highest BCUT2D eigenvalue weighted by Gasteiger charge is 2.20. The summed E-state index contributed by atoms with van der Waals surface area (Å²) in [7, 11) is 0. The number of hydrogen-bond acceptors (Lipinski definition) is 3. The Hall–Kier alpha value is -1.91. The highest BCUT2D eigenvalue weighted by atomic mass is 16.4. The van der Waals surface area contributed by atoms with Gasteiger partial charge in [-0.15, -0.1) is 0 Å². The van der Waals surface area contributed by atoms with E-state index in [0.29, 0.717) is 19.5 Å². The first-order valence-corrected chi connectivity index (χ1v) is 4.60. The molecule has 15 heavy (non-hydrogen) atoms. The Balaban J connectivity index is 2.41. The highest BCUT2D eigenvalue weighted by molar-refractivity contribution is 5.89. The van der Waals surface area contributed by atoms with E-state index >= 15 is 0 Å². The third-order valence-corrected chi connectivity index (χ3v) is 2.55. The molecule has 5 nitrogen and oxygen atoms in total. The van der Waals surface area contributed by atoms with Crippen LogP contribution in [-0.2, 0) is 17.8 Å². The summed E-state index contributed by atoms with van der Waals surface area (Å²) in [6.45, 7) is 1.02. The van der Waals surface area contributed by atoms with Gasteiger partial charge in [0, 0.05) is 25.5 Å². The number of carbonyl (C=O) groups is 2. The van der Waals surface area contributed by atoms with E-state index in [1.807, 2.05) is 0 Å². The first-order valence-electron chi connectivity index (χ1n) is 4.60. The lowest BCUT2D eigenvalue weighted by molar-refractivity contribution is -0.118. The zero-order chi connectivity index (χ0) is 10.8. The van der Waals surface area contributed by atoms with Crippen molar-refractivity contribution < 1.29 is 14.7 Å². The largest absolute Gasteiger partial charge is 0.478 e. The number of carboxylic acids is 1. The van der Waals surface area contributed by atoms with Crippen molar-refractivity contribution in [2.75, 3.05) is 6.54 Å². The monoisotopic (exact) mass is 206 g/mol. The van der Waals surface area contributed by atoms with Gasteiger partial charge < -0.3 is 10.0 Å². The zero-order valence-electron chi connectivity index (χ0n) is 8.01. The number of hydrogen-bond donors (Lipinski definition) is 1. The minimum atomic E-state index is -0.959. The van der Waals surface area contributed by atoms with Gasteiger partial charge in [-0.2, -0.15) is 0 Å². The molecular formula is C10H10N2O3. The zero-order valence-corrected chi connectivity index (χ0v) is 8.01. The highest BCUT2D eigenvalue weighted by Crippen LogP contribution is 2.20. The smallest absolute Gasteiger partial charge is 0.337 e. The van der Waals surface area contributed by atoms with Gasteiger partial charge in [0.25, 0.3) is 0 Å². The van der Waals surface area contributed by atoms with E-state index in [1.54, 1.807) is 11.1 Å². The van der Waals surface area contributed by atoms with E-state index in [9.17, 15) is 9.59 Å². The number of pyridine rings is 1. The Morgan fingerprint density at radius 1 is 1.53 bits per heavy atom. The Kier molecular flexibility index (Phi) is 2.37. The van der Waals surface area contributed by atoms with Crippen molar-refractivity contribution in [2.45, 2.75) is 13.0 Å². The van der Waals surface area contributed by atoms with Crippen LogP contribution in [0.2, 0.25) is 0 Å². The van der Waals surface area contributed by atoms with Crippen LogP contribution in [0, 0.1) is 0 Å². The van der Waals surface area contributed by atoms with Crippen LogP contribution < -0.4 is 0 Å². The normalized spacial score (nSPS) is 14.5. The summed E-state index contributed by atoms with van der Waals surface area (Å²) < 4.78 is 0. The number of aromatic carboxylic acids is 1. The topological polar surface area (TPSA) is 70.5 Å². The van der Waals surface area contributed by atoms with Crippen LogP contribution in [0.4, 0.5) is 0 Å². The predicted molar refractivity (Wildman–Crippen MR) is 51.4 cm³/mol. The number of carboxylic acid groups (broad SMARTS) is 1. The van der Waals surface area contributed by atoms with Crippen LogP contribution in [-0.4, -0.2) is 33.9 Å². The lowest BCUT2D eigenvalue weighted by Crippen LogP contribution is -2.30. The molecule has 0 atom stereocenters. The summed E-state index contributed by atoms with van der Waals surface area (Å²) >= 11 is 0. The van der Waals surface area contributed by atoms with Crippen LogP contribution in [0.5, 0.6) is 0 Å². The first-order chi connectivity index (χ1) is 7.22. The van der Waals surface area contributed by atoms with Gasteiger partial charge >= 0.3 is 5.97 Å². The third kappa shape index (κ3) is 1.68. The van der Waals surface area contributed by atoms with Gasteiger partial charge in [0.1, 0.15) is 0 Å². The molecule has 0 spiro atoms. The Morgan fingerprint density at radius 2 is 2.33 bits per heavy atom. The molecule has 1 aliphatic heterocycles. The van der Waals surface area contributed by atoms with E-state index in [2.05, 4.69) is 4.98 Å². The Labute approximate surface area is 86.3 Å². The molecule has 0 fully saturated rings. The summed E-state index contributed by atoms with van der Waals surface area (Å²) in [5, 5.41) is 8.94. The number of amides is 1. The van der Waals surface area contributed by atoms with Gasteiger partial charge in [0.2, 0.25) is 6.41 Å². The fourth-order valence-electron chi connectivity index (χ4n) is 1.79. The quantitative estimate of drug-likeness (QED) is 0.706. The molecule has 0 radical (unpaired) electrons. The fourth-order valence-corrected chi connectivity index (χ4v) is 1.79. The van der Waals surface area contributed by atoms with E-state index < -0.39 is 5.97 Å². The molecule has 1 aromatic heterocycles. The number of nitrogens with zero attached hydrogens (tertiary/aromatic N) is 2. The average molecular weight is 206 g/mol. The summed E-state index contributed by atoms with van der Waals surface area (Å²) in [6.07, 6.45) is 4.34. The van der Waals surface area contributed by atoms with Crippen molar-refractivity contribution in [2.24, 2.45) is 0 Å². The Morgan fingerprint density at radius 3 is 3.00 bits per heavy atom. The van der Waals surface area contributed by atoms with Gasteiger partial charge in [0.05, 0.1) is 5.56 Å². The van der Waals surface area contributed by atoms with Crippen molar-refractivity contribution in [3.63, 3.8) is 0 Å². The van der Waals surface area contributed by atoms with Crippen molar-refractivity contribution in [3.8, 4) is 0 Å². The molecule has 0 unspecified atom stereocenters. The molecule has 0 saturated heterocycles. The van der Waals surface area contributed by atoms with Gasteiger partial charge in [-0.05, 0) is 17.5 Å². The minimum absolute atomic E-state index is 0.248. The lowest BCUT2D eigenvalue weighted by atomic mass is 9.97. The SMILES string of the molecule is O=CN1CCc2c(cncc2C(=O)O)C1. The van der Waals surface area contributed by atoms with Crippen LogP contribution in [0.1, 0.15) is 21.5 Å². The maximum atomic E-state index is 10.9. The summed E-state index contributed by atoms with van der Waals surface area (Å²) in [6, 6.07) is 0. The molecule has 0 aliphatic carbocycles. The molecular weight excluding hydrogens is 196 g/mol.